The van der Waals surface area contributed by atoms with Gasteiger partial charge in [0.05, 0.1) is 12.7 Å². The molecular formula is C8H10CaO3. The van der Waals surface area contributed by atoms with Crippen molar-refractivity contribution in [1.29, 1.82) is 0 Å². The molecule has 3 nitrogen and oxygen atoms in total. The van der Waals surface area contributed by atoms with E-state index < -0.39 is 5.97 Å². The molecule has 0 aliphatic rings. The second-order valence-corrected chi connectivity index (χ2v) is 2.04. The first-order chi connectivity index (χ1) is 5.24. The zero-order valence-electron chi connectivity index (χ0n) is 6.07. The minimum absolute atomic E-state index is 0. The van der Waals surface area contributed by atoms with Crippen LogP contribution in [0.1, 0.15) is 10.4 Å². The third-order valence-electron chi connectivity index (χ3n) is 1.29. The monoisotopic (exact) mass is 194 g/mol. The molecule has 62 valence electrons. The molecule has 0 amide bonds. The van der Waals surface area contributed by atoms with E-state index in [1.165, 1.54) is 31.4 Å². The standard InChI is InChI=1S/C8H8O3.Ca.2H/c1-11-8(10)6-2-4-7(9)5-3-6;;;/h2-5,9H,1H3;;;. The molecule has 4 heteroatoms. The molecule has 0 spiro atoms. The quantitative estimate of drug-likeness (QED) is 0.515. The van der Waals surface area contributed by atoms with Gasteiger partial charge in [0.1, 0.15) is 5.75 Å². The number of esters is 1. The summed E-state index contributed by atoms with van der Waals surface area (Å²) in [7, 11) is 1.31. The van der Waals surface area contributed by atoms with Gasteiger partial charge in [-0.25, -0.2) is 4.79 Å². The van der Waals surface area contributed by atoms with Crippen LogP contribution in [0.2, 0.25) is 0 Å². The molecule has 0 fully saturated rings. The van der Waals surface area contributed by atoms with Crippen molar-refractivity contribution in [3.05, 3.63) is 29.8 Å². The summed E-state index contributed by atoms with van der Waals surface area (Å²) in [5.41, 5.74) is 0.435. The van der Waals surface area contributed by atoms with Crippen molar-refractivity contribution >= 4 is 43.7 Å². The Morgan fingerprint density at radius 2 is 1.83 bits per heavy atom. The number of aromatic hydroxyl groups is 1. The number of carbonyl (C=O) groups is 1. The van der Waals surface area contributed by atoms with Crippen molar-refractivity contribution in [2.24, 2.45) is 0 Å². The Hall–Kier alpha value is -0.250. The predicted octanol–water partition coefficient (Wildman–Crippen LogP) is 0.263. The fourth-order valence-corrected chi connectivity index (χ4v) is 0.715. The first-order valence-corrected chi connectivity index (χ1v) is 3.11. The molecule has 1 aromatic rings. The third kappa shape index (κ3) is 3.01. The molecule has 0 radical (unpaired) electrons. The normalized spacial score (nSPS) is 8.42. The van der Waals surface area contributed by atoms with E-state index in [1.807, 2.05) is 0 Å². The Morgan fingerprint density at radius 1 is 1.33 bits per heavy atom. The number of methoxy groups -OCH3 is 1. The van der Waals surface area contributed by atoms with E-state index in [1.54, 1.807) is 0 Å². The van der Waals surface area contributed by atoms with Gasteiger partial charge in [-0.3, -0.25) is 0 Å². The van der Waals surface area contributed by atoms with Gasteiger partial charge in [-0.1, -0.05) is 0 Å². The fraction of sp³-hybridized carbons (Fsp3) is 0.125. The van der Waals surface area contributed by atoms with Crippen LogP contribution in [0.4, 0.5) is 0 Å². The topological polar surface area (TPSA) is 46.5 Å². The summed E-state index contributed by atoms with van der Waals surface area (Å²) in [6, 6.07) is 5.88. The zero-order valence-corrected chi connectivity index (χ0v) is 6.07. The molecule has 0 saturated carbocycles. The first kappa shape index (κ1) is 11.7. The minimum atomic E-state index is -0.398. The van der Waals surface area contributed by atoms with Crippen LogP contribution in [-0.4, -0.2) is 55.9 Å². The van der Waals surface area contributed by atoms with Crippen LogP contribution in [0.25, 0.3) is 0 Å². The summed E-state index contributed by atoms with van der Waals surface area (Å²) in [5, 5.41) is 8.86. The van der Waals surface area contributed by atoms with Gasteiger partial charge >= 0.3 is 43.7 Å². The molecule has 0 bridgehead atoms. The summed E-state index contributed by atoms with van der Waals surface area (Å²) >= 11 is 0. The van der Waals surface area contributed by atoms with Gasteiger partial charge in [-0.05, 0) is 24.3 Å². The molecule has 1 N–H and O–H groups in total. The van der Waals surface area contributed by atoms with Gasteiger partial charge in [0, 0.05) is 0 Å². The number of phenols is 1. The Labute approximate surface area is 100 Å². The molecule has 1 rings (SSSR count). The van der Waals surface area contributed by atoms with Crippen molar-refractivity contribution in [3.8, 4) is 5.75 Å². The molecule has 0 atom stereocenters. The molecule has 0 aliphatic heterocycles. The van der Waals surface area contributed by atoms with Crippen molar-refractivity contribution in [3.63, 3.8) is 0 Å². The molecular weight excluding hydrogens is 184 g/mol. The van der Waals surface area contributed by atoms with Gasteiger partial charge in [0.2, 0.25) is 0 Å². The number of hydrogen-bond acceptors (Lipinski definition) is 3. The molecule has 12 heavy (non-hydrogen) atoms. The van der Waals surface area contributed by atoms with E-state index in [-0.39, 0.29) is 43.5 Å². The Bertz CT molecular complexity index is 256. The second-order valence-electron chi connectivity index (χ2n) is 2.04. The van der Waals surface area contributed by atoms with Crippen LogP contribution in [0.15, 0.2) is 24.3 Å². The molecule has 0 aliphatic carbocycles. The van der Waals surface area contributed by atoms with Crippen LogP contribution in [0.3, 0.4) is 0 Å². The summed E-state index contributed by atoms with van der Waals surface area (Å²) < 4.78 is 4.46. The maximum absolute atomic E-state index is 10.8. The Morgan fingerprint density at radius 3 is 2.25 bits per heavy atom. The van der Waals surface area contributed by atoms with E-state index in [4.69, 9.17) is 5.11 Å². The number of benzene rings is 1. The number of ether oxygens (including phenoxy) is 1. The van der Waals surface area contributed by atoms with Gasteiger partial charge in [-0.2, -0.15) is 0 Å². The first-order valence-electron chi connectivity index (χ1n) is 3.11. The van der Waals surface area contributed by atoms with Gasteiger partial charge in [-0.15, -0.1) is 0 Å². The maximum atomic E-state index is 10.8. The summed E-state index contributed by atoms with van der Waals surface area (Å²) in [6.45, 7) is 0. The van der Waals surface area contributed by atoms with Gasteiger partial charge in [0.25, 0.3) is 0 Å². The molecule has 0 unspecified atom stereocenters. The summed E-state index contributed by atoms with van der Waals surface area (Å²) in [5.74, 6) is -0.261. The van der Waals surface area contributed by atoms with Crippen molar-refractivity contribution in [2.75, 3.05) is 7.11 Å². The number of carbonyl (C=O) groups excluding carboxylic acids is 1. The average Bonchev–Trinajstić information content (AvgIpc) is 2.05. The molecule has 0 aromatic heterocycles. The molecule has 0 heterocycles. The second kappa shape index (κ2) is 5.40. The van der Waals surface area contributed by atoms with Crippen LogP contribution >= 0.6 is 0 Å². The van der Waals surface area contributed by atoms with E-state index in [2.05, 4.69) is 4.74 Å². The zero-order chi connectivity index (χ0) is 8.27. The predicted molar refractivity (Wildman–Crippen MR) is 48.0 cm³/mol. The SMILES string of the molecule is COC(=O)c1ccc(O)cc1.[CaH2]. The van der Waals surface area contributed by atoms with Gasteiger partial charge in [0.15, 0.2) is 0 Å². The van der Waals surface area contributed by atoms with Crippen LogP contribution < -0.4 is 0 Å². The summed E-state index contributed by atoms with van der Waals surface area (Å²) in [6.07, 6.45) is 0. The van der Waals surface area contributed by atoms with E-state index in [0.717, 1.165) is 0 Å². The number of rotatable bonds is 1. The van der Waals surface area contributed by atoms with Crippen LogP contribution in [0.5, 0.6) is 5.75 Å². The van der Waals surface area contributed by atoms with Crippen molar-refractivity contribution < 1.29 is 14.6 Å². The van der Waals surface area contributed by atoms with E-state index >= 15 is 0 Å². The number of hydrogen-bond donors (Lipinski definition) is 1. The van der Waals surface area contributed by atoms with E-state index in [9.17, 15) is 4.79 Å². The van der Waals surface area contributed by atoms with Crippen LogP contribution in [0, 0.1) is 0 Å². The fourth-order valence-electron chi connectivity index (χ4n) is 0.715. The Balaban J connectivity index is 0.00000121. The molecule has 1 aromatic carbocycles. The van der Waals surface area contributed by atoms with Gasteiger partial charge < -0.3 is 9.84 Å². The average molecular weight is 194 g/mol. The van der Waals surface area contributed by atoms with Crippen molar-refractivity contribution in [1.82, 2.24) is 0 Å². The van der Waals surface area contributed by atoms with Crippen molar-refractivity contribution in [2.45, 2.75) is 0 Å². The Kier molecular flexibility index (Phi) is 5.29. The summed E-state index contributed by atoms with van der Waals surface area (Å²) in [4.78, 5) is 10.8. The van der Waals surface area contributed by atoms with Crippen LogP contribution in [-0.2, 0) is 4.74 Å². The molecule has 0 saturated heterocycles. The number of phenolic OH excluding ortho intramolecular Hbond substituents is 1. The van der Waals surface area contributed by atoms with E-state index in [0.29, 0.717) is 5.56 Å². The third-order valence-corrected chi connectivity index (χ3v) is 1.29.